The van der Waals surface area contributed by atoms with Crippen LogP contribution in [0, 0.1) is 13.8 Å². The minimum atomic E-state index is -3.57. The summed E-state index contributed by atoms with van der Waals surface area (Å²) in [5.74, 6) is 0.656. The van der Waals surface area contributed by atoms with Crippen LogP contribution in [0.25, 0.3) is 0 Å². The Morgan fingerprint density at radius 3 is 2.47 bits per heavy atom. The Morgan fingerprint density at radius 2 is 1.94 bits per heavy atom. The maximum atomic E-state index is 11.9. The normalized spacial score (nSPS) is 11.5. The summed E-state index contributed by atoms with van der Waals surface area (Å²) < 4.78 is 31.2. The van der Waals surface area contributed by atoms with E-state index in [1.165, 1.54) is 6.07 Å². The molecular formula is C11H17NO4S. The third-order valence-corrected chi connectivity index (χ3v) is 4.21. The van der Waals surface area contributed by atoms with E-state index in [4.69, 9.17) is 9.84 Å². The molecule has 0 aliphatic carbocycles. The number of hydrogen-bond acceptors (Lipinski definition) is 4. The summed E-state index contributed by atoms with van der Waals surface area (Å²) in [5, 5.41) is 8.64. The van der Waals surface area contributed by atoms with Gasteiger partial charge in [-0.2, -0.15) is 0 Å². The van der Waals surface area contributed by atoms with Gasteiger partial charge in [0.2, 0.25) is 10.0 Å². The molecule has 0 heterocycles. The fraction of sp³-hybridized carbons (Fsp3) is 0.455. The van der Waals surface area contributed by atoms with Gasteiger partial charge in [-0.1, -0.05) is 0 Å². The molecule has 6 heteroatoms. The third-order valence-electron chi connectivity index (χ3n) is 2.60. The summed E-state index contributed by atoms with van der Waals surface area (Å²) in [5.41, 5.74) is 1.44. The number of benzene rings is 1. The molecule has 0 radical (unpaired) electrons. The number of aliphatic hydroxyl groups excluding tert-OH is 1. The molecule has 0 saturated heterocycles. The topological polar surface area (TPSA) is 75.6 Å². The molecule has 1 aromatic carbocycles. The second-order valence-corrected chi connectivity index (χ2v) is 5.37. The van der Waals surface area contributed by atoms with E-state index < -0.39 is 10.0 Å². The second-order valence-electron chi connectivity index (χ2n) is 3.64. The summed E-state index contributed by atoms with van der Waals surface area (Å²) in [7, 11) is -2.02. The van der Waals surface area contributed by atoms with Crippen LogP contribution >= 0.6 is 0 Å². The first-order valence-electron chi connectivity index (χ1n) is 5.18. The molecule has 0 spiro atoms. The number of sulfonamides is 1. The minimum absolute atomic E-state index is 0.00680. The highest BCUT2D eigenvalue weighted by Gasteiger charge is 2.18. The highest BCUT2D eigenvalue weighted by atomic mass is 32.2. The Morgan fingerprint density at radius 1 is 1.29 bits per heavy atom. The Balaban J connectivity index is 3.20. The first-order chi connectivity index (χ1) is 7.94. The number of ether oxygens (including phenoxy) is 1. The van der Waals surface area contributed by atoms with Crippen molar-refractivity contribution in [1.82, 2.24) is 4.72 Å². The lowest BCUT2D eigenvalue weighted by molar-refractivity contribution is 0.301. The van der Waals surface area contributed by atoms with E-state index in [2.05, 4.69) is 4.72 Å². The van der Waals surface area contributed by atoms with Crippen molar-refractivity contribution in [3.05, 3.63) is 23.3 Å². The summed E-state index contributed by atoms with van der Waals surface area (Å²) in [6, 6.07) is 3.12. The van der Waals surface area contributed by atoms with Gasteiger partial charge < -0.3 is 9.84 Å². The summed E-state index contributed by atoms with van der Waals surface area (Å²) in [6.07, 6.45) is 0. The Kier molecular flexibility index (Phi) is 4.50. The molecule has 0 aliphatic rings. The number of rotatable bonds is 5. The lowest BCUT2D eigenvalue weighted by Crippen LogP contribution is -2.27. The highest BCUT2D eigenvalue weighted by molar-refractivity contribution is 7.89. The summed E-state index contributed by atoms with van der Waals surface area (Å²) >= 11 is 0. The summed E-state index contributed by atoms with van der Waals surface area (Å²) in [6.45, 7) is 3.31. The number of hydrogen-bond donors (Lipinski definition) is 2. The standard InChI is InChI=1S/C11H17NO4S/c1-8-9(2)11(5-4-10(8)16-3)17(14,15)12-6-7-13/h4-5,12-13H,6-7H2,1-3H3. The molecule has 0 aliphatic heterocycles. The summed E-state index contributed by atoms with van der Waals surface area (Å²) in [4.78, 5) is 0.212. The van der Waals surface area contributed by atoms with Crippen LogP contribution in [0.2, 0.25) is 0 Å². The average Bonchev–Trinajstić information content (AvgIpc) is 2.29. The van der Waals surface area contributed by atoms with Crippen LogP contribution in [0.15, 0.2) is 17.0 Å². The Labute approximate surface area is 101 Å². The Bertz CT molecular complexity index is 496. The van der Waals surface area contributed by atoms with Crippen molar-refractivity contribution in [2.24, 2.45) is 0 Å². The van der Waals surface area contributed by atoms with Crippen molar-refractivity contribution in [3.63, 3.8) is 0 Å². The predicted molar refractivity (Wildman–Crippen MR) is 64.7 cm³/mol. The zero-order valence-electron chi connectivity index (χ0n) is 10.1. The monoisotopic (exact) mass is 259 g/mol. The molecule has 0 unspecified atom stereocenters. The van der Waals surface area contributed by atoms with Gasteiger partial charge in [-0.15, -0.1) is 0 Å². The zero-order chi connectivity index (χ0) is 13.1. The van der Waals surface area contributed by atoms with Crippen LogP contribution in [0.5, 0.6) is 5.75 Å². The van der Waals surface area contributed by atoms with E-state index >= 15 is 0 Å². The van der Waals surface area contributed by atoms with Crippen LogP contribution in [0.1, 0.15) is 11.1 Å². The molecule has 1 aromatic rings. The van der Waals surface area contributed by atoms with E-state index in [0.29, 0.717) is 11.3 Å². The molecule has 0 aromatic heterocycles. The molecular weight excluding hydrogens is 242 g/mol. The smallest absolute Gasteiger partial charge is 0.240 e. The Hall–Kier alpha value is -1.11. The predicted octanol–water partition coefficient (Wildman–Crippen LogP) is 0.583. The van der Waals surface area contributed by atoms with Crippen molar-refractivity contribution >= 4 is 10.0 Å². The molecule has 2 N–H and O–H groups in total. The van der Waals surface area contributed by atoms with Crippen LogP contribution < -0.4 is 9.46 Å². The van der Waals surface area contributed by atoms with Gasteiger partial charge in [0.1, 0.15) is 5.75 Å². The number of aliphatic hydroxyl groups is 1. The molecule has 0 bridgehead atoms. The molecule has 0 fully saturated rings. The fourth-order valence-electron chi connectivity index (χ4n) is 1.54. The van der Waals surface area contributed by atoms with Gasteiger partial charge in [0.25, 0.3) is 0 Å². The van der Waals surface area contributed by atoms with E-state index in [1.807, 2.05) is 0 Å². The van der Waals surface area contributed by atoms with Crippen molar-refractivity contribution in [2.45, 2.75) is 18.7 Å². The van der Waals surface area contributed by atoms with Gasteiger partial charge >= 0.3 is 0 Å². The lowest BCUT2D eigenvalue weighted by Gasteiger charge is -2.13. The van der Waals surface area contributed by atoms with Gasteiger partial charge in [0, 0.05) is 6.54 Å². The van der Waals surface area contributed by atoms with Crippen molar-refractivity contribution in [1.29, 1.82) is 0 Å². The molecule has 17 heavy (non-hydrogen) atoms. The number of methoxy groups -OCH3 is 1. The molecule has 96 valence electrons. The van der Waals surface area contributed by atoms with E-state index in [9.17, 15) is 8.42 Å². The van der Waals surface area contributed by atoms with Crippen LogP contribution in [0.3, 0.4) is 0 Å². The van der Waals surface area contributed by atoms with Crippen LogP contribution in [0.4, 0.5) is 0 Å². The molecule has 0 atom stereocenters. The maximum absolute atomic E-state index is 11.9. The van der Waals surface area contributed by atoms with Crippen LogP contribution in [-0.2, 0) is 10.0 Å². The van der Waals surface area contributed by atoms with Gasteiger partial charge in [-0.25, -0.2) is 13.1 Å². The maximum Gasteiger partial charge on any atom is 0.240 e. The third kappa shape index (κ3) is 2.96. The van der Waals surface area contributed by atoms with Crippen molar-refractivity contribution in [3.8, 4) is 5.75 Å². The SMILES string of the molecule is COc1ccc(S(=O)(=O)NCCO)c(C)c1C. The highest BCUT2D eigenvalue weighted by Crippen LogP contribution is 2.26. The first kappa shape index (κ1) is 14.0. The lowest BCUT2D eigenvalue weighted by atomic mass is 10.1. The van der Waals surface area contributed by atoms with Gasteiger partial charge in [0.15, 0.2) is 0 Å². The van der Waals surface area contributed by atoms with Crippen LogP contribution in [-0.4, -0.2) is 33.8 Å². The minimum Gasteiger partial charge on any atom is -0.496 e. The van der Waals surface area contributed by atoms with Crippen molar-refractivity contribution < 1.29 is 18.3 Å². The van der Waals surface area contributed by atoms with E-state index in [-0.39, 0.29) is 18.0 Å². The molecule has 0 amide bonds. The van der Waals surface area contributed by atoms with E-state index in [1.54, 1.807) is 27.0 Å². The molecule has 0 saturated carbocycles. The zero-order valence-corrected chi connectivity index (χ0v) is 11.0. The number of nitrogens with one attached hydrogen (secondary N) is 1. The average molecular weight is 259 g/mol. The fourth-order valence-corrected chi connectivity index (χ4v) is 2.86. The van der Waals surface area contributed by atoms with Gasteiger partial charge in [0.05, 0.1) is 18.6 Å². The largest absolute Gasteiger partial charge is 0.496 e. The quantitative estimate of drug-likeness (QED) is 0.811. The van der Waals surface area contributed by atoms with E-state index in [0.717, 1.165) is 5.56 Å². The van der Waals surface area contributed by atoms with Gasteiger partial charge in [-0.05, 0) is 37.1 Å². The van der Waals surface area contributed by atoms with Gasteiger partial charge in [-0.3, -0.25) is 0 Å². The van der Waals surface area contributed by atoms with Crippen molar-refractivity contribution in [2.75, 3.05) is 20.3 Å². The second kappa shape index (κ2) is 5.48. The first-order valence-corrected chi connectivity index (χ1v) is 6.67. The molecule has 5 nitrogen and oxygen atoms in total. The molecule has 1 rings (SSSR count).